The van der Waals surface area contributed by atoms with Crippen LogP contribution in [0.3, 0.4) is 0 Å². The fraction of sp³-hybridized carbons (Fsp3) is 0.567. The minimum atomic E-state index is -5.61. The Morgan fingerprint density at radius 1 is 1.08 bits per heavy atom. The number of hydrogen-bond acceptors (Lipinski definition) is 20. The lowest BCUT2D eigenvalue weighted by molar-refractivity contribution is -0.137. The van der Waals surface area contributed by atoms with Gasteiger partial charge in [0.25, 0.3) is 0 Å². The standard InChI is InChI=1S/C30H44N7O18P3S2/c1-29(2,25(42)28(43)33-7-6-20(39)32-8-10-60-21(40)12-17(38)11-18-5-4-9-59-18)14-52-58(49,50)55-57(47,48)51-13-19-23(54-56(44,45)46)24(41)30(3,53-19)37-16-36-22-26(31)34-15-35-27(22)37/h4-5,9,15-16,19,23-25,41-42H,6-8,10-14H2,1-3H3,(H,32,39)(H,33,43)(H,47,48)(H,49,50)(H2,31,34,35)(H2,44,45,46). The number of aliphatic hydroxyl groups excluding tert-OH is 2. The number of ether oxygens (including phenoxy) is 1. The number of fused-ring (bicyclic) bond motifs is 1. The molecule has 0 spiro atoms. The molecule has 7 unspecified atom stereocenters. The van der Waals surface area contributed by atoms with Crippen LogP contribution in [0.2, 0.25) is 0 Å². The molecule has 1 saturated heterocycles. The van der Waals surface area contributed by atoms with Gasteiger partial charge in [0.2, 0.25) is 11.8 Å². The summed E-state index contributed by atoms with van der Waals surface area (Å²) < 4.78 is 62.7. The zero-order chi connectivity index (χ0) is 44.7. The molecule has 25 nitrogen and oxygen atoms in total. The highest BCUT2D eigenvalue weighted by Crippen LogP contribution is 2.61. The maximum absolute atomic E-state index is 12.8. The summed E-state index contributed by atoms with van der Waals surface area (Å²) in [6.07, 6.45) is -5.69. The van der Waals surface area contributed by atoms with Crippen LogP contribution in [-0.4, -0.2) is 128 Å². The Hall–Kier alpha value is -3.07. The van der Waals surface area contributed by atoms with E-state index in [-0.39, 0.29) is 66.0 Å². The van der Waals surface area contributed by atoms with Gasteiger partial charge < -0.3 is 50.9 Å². The number of nitrogen functional groups attached to an aromatic ring is 1. The van der Waals surface area contributed by atoms with E-state index in [4.69, 9.17) is 24.0 Å². The van der Waals surface area contributed by atoms with Crippen molar-refractivity contribution in [1.82, 2.24) is 30.2 Å². The van der Waals surface area contributed by atoms with Crippen LogP contribution in [0.4, 0.5) is 5.82 Å². The van der Waals surface area contributed by atoms with Crippen LogP contribution < -0.4 is 16.4 Å². The van der Waals surface area contributed by atoms with Crippen molar-refractivity contribution in [3.05, 3.63) is 35.0 Å². The highest BCUT2D eigenvalue weighted by molar-refractivity contribution is 8.13. The Balaban J connectivity index is 1.21. The Morgan fingerprint density at radius 3 is 2.45 bits per heavy atom. The molecule has 334 valence electrons. The molecule has 4 rings (SSSR count). The van der Waals surface area contributed by atoms with Gasteiger partial charge in [-0.1, -0.05) is 31.7 Å². The molecule has 1 fully saturated rings. The summed E-state index contributed by atoms with van der Waals surface area (Å²) in [5.41, 5.74) is 2.26. The third-order valence-electron chi connectivity index (χ3n) is 8.54. The maximum atomic E-state index is 12.8. The van der Waals surface area contributed by atoms with Crippen molar-refractivity contribution in [2.75, 3.05) is 37.8 Å². The fourth-order valence-electron chi connectivity index (χ4n) is 5.49. The van der Waals surface area contributed by atoms with Crippen molar-refractivity contribution in [2.24, 2.45) is 5.41 Å². The zero-order valence-corrected chi connectivity index (χ0v) is 36.3. The highest BCUT2D eigenvalue weighted by atomic mass is 32.2. The number of amides is 2. The predicted octanol–water partition coefficient (Wildman–Crippen LogP) is 0.102. The van der Waals surface area contributed by atoms with Gasteiger partial charge in [-0.15, -0.1) is 11.3 Å². The molecule has 0 radical (unpaired) electrons. The molecule has 0 aromatic carbocycles. The van der Waals surface area contributed by atoms with Gasteiger partial charge in [0.1, 0.15) is 42.0 Å². The van der Waals surface area contributed by atoms with Crippen molar-refractivity contribution < 1.29 is 85.3 Å². The average molecular weight is 948 g/mol. The van der Waals surface area contributed by atoms with Gasteiger partial charge in [-0.2, -0.15) is 4.31 Å². The number of phosphoric acid groups is 3. The van der Waals surface area contributed by atoms with E-state index < -0.39 is 84.1 Å². The van der Waals surface area contributed by atoms with E-state index in [0.717, 1.165) is 33.9 Å². The zero-order valence-electron chi connectivity index (χ0n) is 32.0. The number of nitrogens with zero attached hydrogens (tertiary/aromatic N) is 4. The first-order valence-corrected chi connectivity index (χ1v) is 23.8. The second-order valence-electron chi connectivity index (χ2n) is 13.8. The van der Waals surface area contributed by atoms with E-state index in [1.54, 1.807) is 6.07 Å². The molecule has 2 amide bonds. The topological polar surface area (TPSA) is 381 Å². The second-order valence-corrected chi connectivity index (χ2v) is 20.2. The minimum absolute atomic E-state index is 0.0118. The van der Waals surface area contributed by atoms with Gasteiger partial charge >= 0.3 is 23.5 Å². The van der Waals surface area contributed by atoms with Crippen molar-refractivity contribution in [3.8, 4) is 0 Å². The average Bonchev–Trinajstić information content (AvgIpc) is 3.87. The molecule has 7 atom stereocenters. The lowest BCUT2D eigenvalue weighted by Gasteiger charge is -2.30. The number of rotatable bonds is 23. The molecule has 0 aliphatic carbocycles. The monoisotopic (exact) mass is 947 g/mol. The minimum Gasteiger partial charge on any atom is -0.385 e. The fourth-order valence-corrected chi connectivity index (χ4v) is 9.74. The van der Waals surface area contributed by atoms with Gasteiger partial charge in [-0.3, -0.25) is 37.3 Å². The number of carbonyl (C=O) groups excluding carboxylic acids is 4. The highest BCUT2D eigenvalue weighted by Gasteiger charge is 2.57. The summed E-state index contributed by atoms with van der Waals surface area (Å²) in [6.45, 7) is 1.50. The summed E-state index contributed by atoms with van der Waals surface area (Å²) >= 11 is 2.31. The van der Waals surface area contributed by atoms with Gasteiger partial charge in [0, 0.05) is 42.0 Å². The summed E-state index contributed by atoms with van der Waals surface area (Å²) in [7, 11) is -16.5. The SMILES string of the molecule is CC(C)(COP(=O)(O)OP(=O)(O)OCC1OC(C)(n2cnc3c(N)ncnc32)C(O)C1OP(=O)(O)O)C(O)C(=O)NCCC(=O)NCCSC(=O)CC(=O)Cc1cccs1. The van der Waals surface area contributed by atoms with Crippen LogP contribution in [0.5, 0.6) is 0 Å². The van der Waals surface area contributed by atoms with Crippen molar-refractivity contribution in [1.29, 1.82) is 0 Å². The lowest BCUT2D eigenvalue weighted by atomic mass is 9.87. The second kappa shape index (κ2) is 20.4. The van der Waals surface area contributed by atoms with E-state index in [1.807, 2.05) is 11.4 Å². The number of imidazole rings is 1. The normalized spacial score (nSPS) is 22.2. The van der Waals surface area contributed by atoms with Crippen LogP contribution >= 0.6 is 46.6 Å². The van der Waals surface area contributed by atoms with Crippen LogP contribution in [-0.2, 0) is 67.6 Å². The number of nitrogens with two attached hydrogens (primary N) is 1. The first-order chi connectivity index (χ1) is 27.8. The Bertz CT molecular complexity index is 2160. The van der Waals surface area contributed by atoms with Crippen LogP contribution in [0.15, 0.2) is 30.2 Å². The molecular formula is C30H44N7O18P3S2. The molecule has 30 heteroatoms. The quantitative estimate of drug-likeness (QED) is 0.0346. The Morgan fingerprint density at radius 2 is 1.78 bits per heavy atom. The predicted molar refractivity (Wildman–Crippen MR) is 209 cm³/mol. The molecular weight excluding hydrogens is 903 g/mol. The number of nitrogens with one attached hydrogen (secondary N) is 2. The number of anilines is 1. The summed E-state index contributed by atoms with van der Waals surface area (Å²) in [5.74, 6) is -1.57. The molecule has 3 aromatic rings. The van der Waals surface area contributed by atoms with E-state index in [9.17, 15) is 62.7 Å². The lowest BCUT2D eigenvalue weighted by Crippen LogP contribution is -2.46. The van der Waals surface area contributed by atoms with Gasteiger partial charge in [0.15, 0.2) is 22.3 Å². The summed E-state index contributed by atoms with van der Waals surface area (Å²) in [6, 6.07) is 3.61. The number of phosphoric ester groups is 3. The maximum Gasteiger partial charge on any atom is 0.481 e. The van der Waals surface area contributed by atoms with E-state index in [2.05, 4.69) is 29.9 Å². The molecule has 1 aliphatic rings. The third kappa shape index (κ3) is 14.0. The number of Topliss-reactive ketones (excluding diaryl/α,β-unsaturated/α-hetero) is 1. The van der Waals surface area contributed by atoms with Gasteiger partial charge in [-0.05, 0) is 18.4 Å². The largest absolute Gasteiger partial charge is 0.481 e. The number of ketones is 1. The Kier molecular flexibility index (Phi) is 16.9. The van der Waals surface area contributed by atoms with E-state index in [1.165, 1.54) is 32.1 Å². The Labute approximate surface area is 349 Å². The molecule has 0 bridgehead atoms. The van der Waals surface area contributed by atoms with Crippen molar-refractivity contribution >= 4 is 86.3 Å². The molecule has 60 heavy (non-hydrogen) atoms. The van der Waals surface area contributed by atoms with Crippen molar-refractivity contribution in [3.63, 3.8) is 0 Å². The number of carbonyl (C=O) groups is 4. The van der Waals surface area contributed by atoms with Gasteiger partial charge in [-0.25, -0.2) is 28.6 Å². The molecule has 3 aromatic heterocycles. The van der Waals surface area contributed by atoms with Crippen LogP contribution in [0.1, 0.15) is 38.5 Å². The van der Waals surface area contributed by atoms with Crippen LogP contribution in [0, 0.1) is 5.41 Å². The number of hydrogen-bond donors (Lipinski definition) is 9. The molecule has 10 N–H and O–H groups in total. The smallest absolute Gasteiger partial charge is 0.385 e. The molecule has 4 heterocycles. The van der Waals surface area contributed by atoms with E-state index in [0.29, 0.717) is 0 Å². The number of thiophene rings is 1. The first-order valence-electron chi connectivity index (χ1n) is 17.4. The number of thioether (sulfide) groups is 1. The molecule has 0 saturated carbocycles. The first kappa shape index (κ1) is 49.6. The number of aliphatic hydroxyl groups is 2. The third-order valence-corrected chi connectivity index (χ3v) is 13.4. The summed E-state index contributed by atoms with van der Waals surface area (Å²) in [4.78, 5) is 101. The van der Waals surface area contributed by atoms with Gasteiger partial charge in [0.05, 0.1) is 26.0 Å². The molecule has 1 aliphatic heterocycles. The van der Waals surface area contributed by atoms with Crippen LogP contribution in [0.25, 0.3) is 11.2 Å². The van der Waals surface area contributed by atoms with Crippen molar-refractivity contribution in [2.45, 2.75) is 70.2 Å². The van der Waals surface area contributed by atoms with E-state index >= 15 is 0 Å². The number of aromatic nitrogens is 4. The summed E-state index contributed by atoms with van der Waals surface area (Å²) in [5, 5.41) is 28.1.